The molecule has 0 fully saturated rings. The number of H-pyrrole nitrogens is 1. The number of aromatic amines is 1. The first-order valence-electron chi connectivity index (χ1n) is 4.56. The van der Waals surface area contributed by atoms with Crippen LogP contribution in [-0.2, 0) is 6.18 Å². The Labute approximate surface area is 84.9 Å². The third-order valence-electron chi connectivity index (χ3n) is 2.59. The molecule has 1 aromatic heterocycles. The molecule has 1 N–H and O–H groups in total. The zero-order valence-electron chi connectivity index (χ0n) is 8.37. The van der Waals surface area contributed by atoms with Crippen LogP contribution in [0.25, 0.3) is 10.9 Å². The Morgan fingerprint density at radius 2 is 1.80 bits per heavy atom. The van der Waals surface area contributed by atoms with E-state index >= 15 is 0 Å². The molecule has 0 saturated heterocycles. The lowest BCUT2D eigenvalue weighted by Crippen LogP contribution is -2.06. The number of alkyl halides is 3. The minimum atomic E-state index is -4.31. The van der Waals surface area contributed by atoms with Gasteiger partial charge in [0.15, 0.2) is 0 Å². The Morgan fingerprint density at radius 1 is 1.13 bits per heavy atom. The molecule has 0 bridgehead atoms. The zero-order valence-corrected chi connectivity index (χ0v) is 8.37. The topological polar surface area (TPSA) is 15.8 Å². The molecule has 0 radical (unpaired) electrons. The lowest BCUT2D eigenvalue weighted by Gasteiger charge is -2.04. The van der Waals surface area contributed by atoms with Crippen molar-refractivity contribution < 1.29 is 13.2 Å². The lowest BCUT2D eigenvalue weighted by molar-refractivity contribution is -0.141. The number of para-hydroxylation sites is 1. The fraction of sp³-hybridized carbons (Fsp3) is 0.273. The molecule has 0 aliphatic rings. The molecular formula is C11H10F3N. The van der Waals surface area contributed by atoms with Gasteiger partial charge in [-0.3, -0.25) is 0 Å². The second-order valence-corrected chi connectivity index (χ2v) is 3.62. The number of hydrogen-bond donors (Lipinski definition) is 1. The summed E-state index contributed by atoms with van der Waals surface area (Å²) in [6.07, 6.45) is -4.31. The molecular weight excluding hydrogens is 203 g/mol. The van der Waals surface area contributed by atoms with Crippen molar-refractivity contribution in [1.82, 2.24) is 4.98 Å². The van der Waals surface area contributed by atoms with E-state index in [4.69, 9.17) is 0 Å². The van der Waals surface area contributed by atoms with E-state index in [9.17, 15) is 13.2 Å². The largest absolute Gasteiger partial charge is 0.431 e. The van der Waals surface area contributed by atoms with Gasteiger partial charge in [0.05, 0.1) is 0 Å². The summed E-state index contributed by atoms with van der Waals surface area (Å²) in [5, 5.41) is 0.641. The van der Waals surface area contributed by atoms with Crippen LogP contribution in [0.2, 0.25) is 0 Å². The summed E-state index contributed by atoms with van der Waals surface area (Å²) < 4.78 is 37.8. The fourth-order valence-electron chi connectivity index (χ4n) is 1.78. The molecule has 1 nitrogen and oxygen atoms in total. The number of aromatic nitrogens is 1. The maximum atomic E-state index is 12.6. The Kier molecular flexibility index (Phi) is 2.03. The van der Waals surface area contributed by atoms with Crippen molar-refractivity contribution in [3.05, 3.63) is 35.0 Å². The highest BCUT2D eigenvalue weighted by molar-refractivity contribution is 5.87. The van der Waals surface area contributed by atoms with Crippen molar-refractivity contribution in [2.45, 2.75) is 20.0 Å². The van der Waals surface area contributed by atoms with Crippen LogP contribution in [0.5, 0.6) is 0 Å². The summed E-state index contributed by atoms with van der Waals surface area (Å²) in [6.45, 7) is 3.28. The zero-order chi connectivity index (χ0) is 11.2. The summed E-state index contributed by atoms with van der Waals surface area (Å²) in [4.78, 5) is 2.45. The van der Waals surface area contributed by atoms with Gasteiger partial charge in [0.1, 0.15) is 5.69 Å². The molecule has 2 aromatic rings. The van der Waals surface area contributed by atoms with Crippen molar-refractivity contribution in [1.29, 1.82) is 0 Å². The summed E-state index contributed by atoms with van der Waals surface area (Å²) in [6, 6.07) is 5.25. The maximum Gasteiger partial charge on any atom is 0.431 e. The first-order valence-corrected chi connectivity index (χ1v) is 4.56. The van der Waals surface area contributed by atoms with Gasteiger partial charge in [-0.05, 0) is 25.0 Å². The number of aryl methyl sites for hydroxylation is 2. The van der Waals surface area contributed by atoms with Crippen molar-refractivity contribution in [2.24, 2.45) is 0 Å². The third-order valence-corrected chi connectivity index (χ3v) is 2.59. The second-order valence-electron chi connectivity index (χ2n) is 3.62. The Balaban J connectivity index is 2.81. The summed E-state index contributed by atoms with van der Waals surface area (Å²) >= 11 is 0. The number of hydrogen-bond acceptors (Lipinski definition) is 0. The van der Waals surface area contributed by atoms with E-state index in [2.05, 4.69) is 4.98 Å². The molecule has 15 heavy (non-hydrogen) atoms. The van der Waals surface area contributed by atoms with Crippen LogP contribution in [0.3, 0.4) is 0 Å². The Bertz CT molecular complexity index is 508. The minimum Gasteiger partial charge on any atom is -0.351 e. The van der Waals surface area contributed by atoms with Gasteiger partial charge in [0.25, 0.3) is 0 Å². The molecule has 80 valence electrons. The highest BCUT2D eigenvalue weighted by atomic mass is 19.4. The van der Waals surface area contributed by atoms with E-state index in [0.717, 1.165) is 5.56 Å². The van der Waals surface area contributed by atoms with Crippen LogP contribution >= 0.6 is 0 Å². The van der Waals surface area contributed by atoms with E-state index in [1.165, 1.54) is 6.92 Å². The Morgan fingerprint density at radius 3 is 2.33 bits per heavy atom. The van der Waals surface area contributed by atoms with E-state index in [1.807, 2.05) is 0 Å². The van der Waals surface area contributed by atoms with Crippen molar-refractivity contribution in [3.8, 4) is 0 Å². The molecule has 0 aliphatic heterocycles. The maximum absolute atomic E-state index is 12.6. The number of halogens is 3. The average Bonchev–Trinajstić information content (AvgIpc) is 2.45. The smallest absolute Gasteiger partial charge is 0.351 e. The first kappa shape index (κ1) is 10.1. The predicted molar refractivity (Wildman–Crippen MR) is 52.8 cm³/mol. The molecule has 1 heterocycles. The predicted octanol–water partition coefficient (Wildman–Crippen LogP) is 3.80. The van der Waals surface area contributed by atoms with Gasteiger partial charge in [-0.1, -0.05) is 18.2 Å². The number of fused-ring (bicyclic) bond motifs is 1. The van der Waals surface area contributed by atoms with Crippen molar-refractivity contribution >= 4 is 10.9 Å². The highest BCUT2D eigenvalue weighted by Crippen LogP contribution is 2.35. The summed E-state index contributed by atoms with van der Waals surface area (Å²) in [7, 11) is 0. The number of rotatable bonds is 0. The summed E-state index contributed by atoms with van der Waals surface area (Å²) in [5.41, 5.74) is 1.02. The van der Waals surface area contributed by atoms with Crippen molar-refractivity contribution in [3.63, 3.8) is 0 Å². The normalized spacial score (nSPS) is 12.3. The van der Waals surface area contributed by atoms with Gasteiger partial charge in [-0.2, -0.15) is 13.2 Å². The van der Waals surface area contributed by atoms with Gasteiger partial charge >= 0.3 is 6.18 Å². The lowest BCUT2D eigenvalue weighted by atomic mass is 10.1. The molecule has 4 heteroatoms. The quantitative estimate of drug-likeness (QED) is 0.685. The van der Waals surface area contributed by atoms with E-state index in [1.54, 1.807) is 25.1 Å². The van der Waals surface area contributed by atoms with E-state index in [0.29, 0.717) is 10.9 Å². The SMILES string of the molecule is Cc1c(C(F)(F)F)[nH]c2c(C)cccc12. The van der Waals surface area contributed by atoms with Crippen LogP contribution in [0.15, 0.2) is 18.2 Å². The van der Waals surface area contributed by atoms with Crippen LogP contribution < -0.4 is 0 Å². The monoisotopic (exact) mass is 213 g/mol. The standard InChI is InChI=1S/C11H10F3N/c1-6-4-3-5-8-7(2)10(11(12,13)14)15-9(6)8/h3-5,15H,1-2H3. The van der Waals surface area contributed by atoms with E-state index < -0.39 is 11.9 Å². The highest BCUT2D eigenvalue weighted by Gasteiger charge is 2.35. The second kappa shape index (κ2) is 3.02. The summed E-state index contributed by atoms with van der Waals surface area (Å²) in [5.74, 6) is 0. The first-order chi connectivity index (χ1) is 6.91. The number of nitrogens with one attached hydrogen (secondary N) is 1. The van der Waals surface area contributed by atoms with E-state index in [-0.39, 0.29) is 5.56 Å². The van der Waals surface area contributed by atoms with Gasteiger partial charge in [-0.15, -0.1) is 0 Å². The minimum absolute atomic E-state index is 0.265. The van der Waals surface area contributed by atoms with Crippen LogP contribution in [0.4, 0.5) is 13.2 Å². The molecule has 1 aromatic carbocycles. The molecule has 0 spiro atoms. The molecule has 0 unspecified atom stereocenters. The van der Waals surface area contributed by atoms with Crippen LogP contribution in [0.1, 0.15) is 16.8 Å². The number of benzene rings is 1. The molecule has 2 rings (SSSR count). The van der Waals surface area contributed by atoms with Gasteiger partial charge in [-0.25, -0.2) is 0 Å². The average molecular weight is 213 g/mol. The van der Waals surface area contributed by atoms with Crippen LogP contribution in [0, 0.1) is 13.8 Å². The van der Waals surface area contributed by atoms with Crippen molar-refractivity contribution in [2.75, 3.05) is 0 Å². The van der Waals surface area contributed by atoms with Gasteiger partial charge in [0, 0.05) is 10.9 Å². The molecule has 0 amide bonds. The molecule has 0 atom stereocenters. The molecule has 0 aliphatic carbocycles. The Hall–Kier alpha value is -1.45. The van der Waals surface area contributed by atoms with Gasteiger partial charge in [0.2, 0.25) is 0 Å². The fourth-order valence-corrected chi connectivity index (χ4v) is 1.78. The van der Waals surface area contributed by atoms with Gasteiger partial charge < -0.3 is 4.98 Å². The molecule has 0 saturated carbocycles. The third kappa shape index (κ3) is 1.50. The van der Waals surface area contributed by atoms with Crippen LogP contribution in [-0.4, -0.2) is 4.98 Å².